The number of carbonyl (C=O) groups is 2. The Kier molecular flexibility index (Phi) is 8.39. The quantitative estimate of drug-likeness (QED) is 0.401. The lowest BCUT2D eigenvalue weighted by atomic mass is 9.59. The number of nitrogens with one attached hydrogen (secondary N) is 1. The van der Waals surface area contributed by atoms with Crippen LogP contribution in [0.1, 0.15) is 70.4 Å². The molecule has 5 atom stereocenters. The van der Waals surface area contributed by atoms with Gasteiger partial charge in [-0.3, -0.25) is 4.79 Å². The van der Waals surface area contributed by atoms with Crippen molar-refractivity contribution in [1.29, 1.82) is 0 Å². The third-order valence-corrected chi connectivity index (χ3v) is 9.94. The van der Waals surface area contributed by atoms with Crippen LogP contribution in [-0.4, -0.2) is 48.3 Å². The lowest BCUT2D eigenvalue weighted by Crippen LogP contribution is -2.61. The highest BCUT2D eigenvalue weighted by atomic mass is 35.5. The summed E-state index contributed by atoms with van der Waals surface area (Å²) in [5, 5.41) is 1.52. The van der Waals surface area contributed by atoms with Gasteiger partial charge in [0.15, 0.2) is 0 Å². The molecule has 0 aromatic heterocycles. The van der Waals surface area contributed by atoms with Gasteiger partial charge in [0.25, 0.3) is 5.91 Å². The zero-order valence-corrected chi connectivity index (χ0v) is 25.6. The summed E-state index contributed by atoms with van der Waals surface area (Å²) in [6.45, 7) is 8.43. The second kappa shape index (κ2) is 10.9. The van der Waals surface area contributed by atoms with E-state index in [-0.39, 0.29) is 18.1 Å². The fraction of sp³-hybridized carbons (Fsp3) is 0.500. The summed E-state index contributed by atoms with van der Waals surface area (Å²) in [7, 11) is -3.85. The van der Waals surface area contributed by atoms with Crippen molar-refractivity contribution in [1.82, 2.24) is 9.62 Å². The Morgan fingerprint density at radius 2 is 1.72 bits per heavy atom. The average Bonchev–Trinajstić information content (AvgIpc) is 3.04. The normalized spacial score (nSPS) is 27.4. The third kappa shape index (κ3) is 5.82. The van der Waals surface area contributed by atoms with Gasteiger partial charge in [-0.05, 0) is 94.7 Å². The van der Waals surface area contributed by atoms with Gasteiger partial charge in [-0.1, -0.05) is 53.0 Å². The van der Waals surface area contributed by atoms with Crippen molar-refractivity contribution in [3.63, 3.8) is 0 Å². The molecule has 1 saturated carbocycles. The number of carbonyl (C=O) groups excluding carboxylic acids is 2. The van der Waals surface area contributed by atoms with E-state index >= 15 is 0 Å². The first-order valence-electron chi connectivity index (χ1n) is 12.9. The van der Waals surface area contributed by atoms with E-state index < -0.39 is 51.0 Å². The highest BCUT2D eigenvalue weighted by molar-refractivity contribution is 7.89. The molecule has 39 heavy (non-hydrogen) atoms. The first-order valence-corrected chi connectivity index (χ1v) is 15.7. The van der Waals surface area contributed by atoms with Crippen LogP contribution in [0.25, 0.3) is 0 Å². The molecule has 0 radical (unpaired) electrons. The Hall–Kier alpha value is -1.84. The van der Waals surface area contributed by atoms with Gasteiger partial charge in [-0.25, -0.2) is 18.1 Å². The number of rotatable bonds is 5. The minimum Gasteiger partial charge on any atom is -0.443 e. The maximum atomic E-state index is 14.2. The molecule has 0 bridgehead atoms. The number of benzene rings is 2. The average molecular weight is 616 g/mol. The van der Waals surface area contributed by atoms with Crippen LogP contribution in [0.5, 0.6) is 0 Å². The van der Waals surface area contributed by atoms with Crippen molar-refractivity contribution in [3.8, 4) is 0 Å². The van der Waals surface area contributed by atoms with E-state index in [9.17, 15) is 18.0 Å². The third-order valence-electron chi connectivity index (χ3n) is 7.69. The first-order chi connectivity index (χ1) is 18.1. The summed E-state index contributed by atoms with van der Waals surface area (Å²) in [6.07, 6.45) is -0.203. The number of ether oxygens (including phenoxy) is 1. The molecule has 1 aliphatic heterocycles. The summed E-state index contributed by atoms with van der Waals surface area (Å²) in [4.78, 5) is 28.7. The van der Waals surface area contributed by atoms with Crippen LogP contribution in [0.2, 0.25) is 15.1 Å². The van der Waals surface area contributed by atoms with Gasteiger partial charge in [-0.15, -0.1) is 0 Å². The summed E-state index contributed by atoms with van der Waals surface area (Å²) in [5.74, 6) is -2.06. The van der Waals surface area contributed by atoms with Crippen molar-refractivity contribution >= 4 is 56.8 Å². The van der Waals surface area contributed by atoms with Gasteiger partial charge in [0.1, 0.15) is 11.1 Å². The van der Waals surface area contributed by atoms with E-state index in [2.05, 4.69) is 4.72 Å². The molecule has 1 aliphatic carbocycles. The van der Waals surface area contributed by atoms with Crippen molar-refractivity contribution in [3.05, 3.63) is 68.7 Å². The second-order valence-electron chi connectivity index (χ2n) is 11.3. The van der Waals surface area contributed by atoms with Crippen LogP contribution < -0.4 is 4.72 Å². The Morgan fingerprint density at radius 1 is 1.10 bits per heavy atom. The molecule has 212 valence electrons. The largest absolute Gasteiger partial charge is 0.443 e. The monoisotopic (exact) mass is 614 g/mol. The minimum absolute atomic E-state index is 0.174. The molecule has 2 fully saturated rings. The van der Waals surface area contributed by atoms with Gasteiger partial charge in [0.2, 0.25) is 10.0 Å². The zero-order valence-electron chi connectivity index (χ0n) is 22.5. The summed E-state index contributed by atoms with van der Waals surface area (Å²) >= 11 is 19.1. The molecule has 11 heteroatoms. The number of sulfonamides is 1. The predicted octanol–water partition coefficient (Wildman–Crippen LogP) is 6.77. The van der Waals surface area contributed by atoms with Crippen molar-refractivity contribution < 1.29 is 22.7 Å². The fourth-order valence-electron chi connectivity index (χ4n) is 6.16. The van der Waals surface area contributed by atoms with E-state index in [1.165, 1.54) is 6.92 Å². The van der Waals surface area contributed by atoms with Gasteiger partial charge >= 0.3 is 6.09 Å². The van der Waals surface area contributed by atoms with Crippen LogP contribution >= 0.6 is 34.8 Å². The molecule has 0 spiro atoms. The molecule has 1 heterocycles. The number of hydrogen-bond donors (Lipinski definition) is 1. The topological polar surface area (TPSA) is 92.8 Å². The van der Waals surface area contributed by atoms with E-state index in [1.54, 1.807) is 52.0 Å². The number of nitrogens with zero attached hydrogens (tertiary/aromatic N) is 1. The second-order valence-corrected chi connectivity index (χ2v) is 14.6. The van der Waals surface area contributed by atoms with Gasteiger partial charge in [0.05, 0.1) is 5.75 Å². The molecule has 2 aliphatic rings. The van der Waals surface area contributed by atoms with Crippen molar-refractivity contribution in [2.75, 3.05) is 5.75 Å². The molecule has 2 aromatic carbocycles. The molecule has 2 aromatic rings. The Balaban J connectivity index is 1.94. The van der Waals surface area contributed by atoms with Crippen molar-refractivity contribution in [2.24, 2.45) is 5.92 Å². The molecule has 0 unspecified atom stereocenters. The van der Waals surface area contributed by atoms with Crippen LogP contribution in [0.4, 0.5) is 4.79 Å². The van der Waals surface area contributed by atoms with Crippen LogP contribution in [0.15, 0.2) is 42.5 Å². The van der Waals surface area contributed by atoms with E-state index in [0.717, 1.165) is 16.0 Å². The Morgan fingerprint density at radius 3 is 2.28 bits per heavy atom. The SMILES string of the molecule is CCS(=O)(=O)N[C@@]12CC[C@@H](c3ccc(Cl)cc3Cl)[C@H](c3ccc(Cl)cc3)[C@@H]1[C@@H](C)N(C(=O)OC(C)(C)C)C2=O. The molecule has 7 nitrogen and oxygen atoms in total. The highest BCUT2D eigenvalue weighted by Crippen LogP contribution is 2.58. The number of amides is 2. The number of hydrogen-bond acceptors (Lipinski definition) is 5. The molecule has 2 amide bonds. The molecular weight excluding hydrogens is 583 g/mol. The summed E-state index contributed by atoms with van der Waals surface area (Å²) in [6, 6.07) is 11.9. The van der Waals surface area contributed by atoms with Gasteiger partial charge in [0, 0.05) is 27.0 Å². The van der Waals surface area contributed by atoms with Crippen LogP contribution in [0, 0.1) is 5.92 Å². The predicted molar refractivity (Wildman–Crippen MR) is 154 cm³/mol. The molecule has 4 rings (SSSR count). The lowest BCUT2D eigenvalue weighted by Gasteiger charge is -2.47. The standard InChI is InChI=1S/C28H33Cl3N2O5S/c1-6-39(36,37)32-28-14-13-21(20-12-11-19(30)15-22(20)31)23(17-7-9-18(29)10-8-17)24(28)16(2)33(25(28)34)26(35)38-27(3,4)5/h7-12,15-16,21,23-24,32H,6,13-14H2,1-5H3/t16-,21+,23+,24+,28+/m1/s1. The first kappa shape index (κ1) is 30.1. The van der Waals surface area contributed by atoms with Crippen molar-refractivity contribution in [2.45, 2.75) is 76.5 Å². The highest BCUT2D eigenvalue weighted by Gasteiger charge is 2.66. The summed E-state index contributed by atoms with van der Waals surface area (Å²) in [5.41, 5.74) is -0.713. The Bertz CT molecular complexity index is 1380. The smallest absolute Gasteiger partial charge is 0.417 e. The molecule has 1 saturated heterocycles. The van der Waals surface area contributed by atoms with Crippen LogP contribution in [-0.2, 0) is 19.6 Å². The van der Waals surface area contributed by atoms with E-state index in [0.29, 0.717) is 21.5 Å². The fourth-order valence-corrected chi connectivity index (χ4v) is 7.86. The summed E-state index contributed by atoms with van der Waals surface area (Å²) < 4.78 is 34.4. The lowest BCUT2D eigenvalue weighted by molar-refractivity contribution is -0.133. The molecular formula is C28H33Cl3N2O5S. The van der Waals surface area contributed by atoms with Crippen LogP contribution in [0.3, 0.4) is 0 Å². The molecule has 1 N–H and O–H groups in total. The van der Waals surface area contributed by atoms with E-state index in [4.69, 9.17) is 39.5 Å². The number of likely N-dealkylation sites (tertiary alicyclic amines) is 1. The number of fused-ring (bicyclic) bond motifs is 1. The van der Waals surface area contributed by atoms with Gasteiger partial charge < -0.3 is 4.74 Å². The maximum Gasteiger partial charge on any atom is 0.417 e. The van der Waals surface area contributed by atoms with Gasteiger partial charge in [-0.2, -0.15) is 4.72 Å². The van der Waals surface area contributed by atoms with E-state index in [1.807, 2.05) is 18.2 Å². The minimum atomic E-state index is -3.85. The zero-order chi connectivity index (χ0) is 28.9. The maximum absolute atomic E-state index is 14.2. The Labute approximate surface area is 245 Å². The number of imide groups is 1. The number of halogens is 3.